The quantitative estimate of drug-likeness (QED) is 0.701. The maximum Gasteiger partial charge on any atom is 0.225 e. The Balaban J connectivity index is 1.76. The molecule has 0 aliphatic rings. The highest BCUT2D eigenvalue weighted by atomic mass is 32.1. The summed E-state index contributed by atoms with van der Waals surface area (Å²) < 4.78 is 1.11. The van der Waals surface area contributed by atoms with Crippen LogP contribution in [-0.4, -0.2) is 22.6 Å². The minimum absolute atomic E-state index is 0.311. The number of benzene rings is 1. The van der Waals surface area contributed by atoms with Gasteiger partial charge < -0.3 is 10.6 Å². The number of anilines is 2. The molecule has 0 amide bonds. The molecule has 2 heterocycles. The molecule has 3 aromatic rings. The number of fused-ring (bicyclic) bond motifs is 1. The van der Waals surface area contributed by atoms with Gasteiger partial charge in [0, 0.05) is 12.6 Å². The van der Waals surface area contributed by atoms with E-state index >= 15 is 0 Å². The molecule has 2 aromatic heterocycles. The molecule has 0 saturated carbocycles. The molecule has 3 rings (SSSR count). The number of hydrogen-bond acceptors (Lipinski definition) is 5. The molecule has 120 valence electrons. The average molecular weight is 326 g/mol. The third kappa shape index (κ3) is 3.79. The van der Waals surface area contributed by atoms with E-state index in [1.807, 2.05) is 6.07 Å². The number of thiophene rings is 1. The van der Waals surface area contributed by atoms with E-state index in [1.165, 1.54) is 11.1 Å². The zero-order valence-electron chi connectivity index (χ0n) is 13.8. The van der Waals surface area contributed by atoms with Gasteiger partial charge in [0.15, 0.2) is 0 Å². The fraction of sp³-hybridized carbons (Fsp3) is 0.333. The summed E-state index contributed by atoms with van der Waals surface area (Å²) in [5.41, 5.74) is 3.70. The van der Waals surface area contributed by atoms with Gasteiger partial charge in [-0.15, -0.1) is 11.3 Å². The molecule has 1 aromatic carbocycles. The zero-order chi connectivity index (χ0) is 16.2. The van der Waals surface area contributed by atoms with Crippen molar-refractivity contribution >= 4 is 33.3 Å². The van der Waals surface area contributed by atoms with E-state index in [2.05, 4.69) is 71.0 Å². The van der Waals surface area contributed by atoms with Crippen LogP contribution >= 0.6 is 11.3 Å². The summed E-state index contributed by atoms with van der Waals surface area (Å²) in [5.74, 6) is 1.60. The Morgan fingerprint density at radius 1 is 1.13 bits per heavy atom. The highest BCUT2D eigenvalue weighted by Gasteiger charge is 2.09. The van der Waals surface area contributed by atoms with Crippen molar-refractivity contribution in [3.8, 4) is 0 Å². The summed E-state index contributed by atoms with van der Waals surface area (Å²) in [4.78, 5) is 9.21. The van der Waals surface area contributed by atoms with E-state index in [0.29, 0.717) is 12.0 Å². The first-order chi connectivity index (χ1) is 11.1. The SMILES string of the molecule is Cc1ccccc1CCNc1nc(NC(C)C)nc2ccsc12. The molecule has 0 aliphatic carbocycles. The van der Waals surface area contributed by atoms with Gasteiger partial charge in [-0.2, -0.15) is 4.98 Å². The smallest absolute Gasteiger partial charge is 0.225 e. The monoisotopic (exact) mass is 326 g/mol. The van der Waals surface area contributed by atoms with Crippen molar-refractivity contribution in [1.29, 1.82) is 0 Å². The van der Waals surface area contributed by atoms with Gasteiger partial charge in [0.1, 0.15) is 5.82 Å². The predicted octanol–water partition coefficient (Wildman–Crippen LogP) is 4.47. The number of nitrogens with one attached hydrogen (secondary N) is 2. The number of aryl methyl sites for hydroxylation is 1. The Labute approximate surface area is 141 Å². The Hall–Kier alpha value is -2.14. The van der Waals surface area contributed by atoms with Gasteiger partial charge in [-0.25, -0.2) is 4.98 Å². The molecule has 0 saturated heterocycles. The highest BCUT2D eigenvalue weighted by molar-refractivity contribution is 7.17. The van der Waals surface area contributed by atoms with Crippen LogP contribution in [-0.2, 0) is 6.42 Å². The normalized spacial score (nSPS) is 11.1. The Kier molecular flexibility index (Phi) is 4.76. The number of aromatic nitrogens is 2. The number of rotatable bonds is 6. The van der Waals surface area contributed by atoms with Crippen LogP contribution in [0.1, 0.15) is 25.0 Å². The number of nitrogens with zero attached hydrogens (tertiary/aromatic N) is 2. The Morgan fingerprint density at radius 2 is 1.96 bits per heavy atom. The average Bonchev–Trinajstić information content (AvgIpc) is 2.97. The Morgan fingerprint density at radius 3 is 2.74 bits per heavy atom. The van der Waals surface area contributed by atoms with Crippen molar-refractivity contribution in [2.45, 2.75) is 33.2 Å². The van der Waals surface area contributed by atoms with Gasteiger partial charge >= 0.3 is 0 Å². The molecule has 0 spiro atoms. The van der Waals surface area contributed by atoms with Gasteiger partial charge in [-0.05, 0) is 49.8 Å². The van der Waals surface area contributed by atoms with Gasteiger partial charge in [0.2, 0.25) is 5.95 Å². The molecule has 5 heteroatoms. The van der Waals surface area contributed by atoms with E-state index in [1.54, 1.807) is 11.3 Å². The van der Waals surface area contributed by atoms with Gasteiger partial charge in [-0.3, -0.25) is 0 Å². The second-order valence-corrected chi connectivity index (χ2v) is 6.85. The summed E-state index contributed by atoms with van der Waals surface area (Å²) in [5, 5.41) is 8.83. The second kappa shape index (κ2) is 6.96. The Bertz CT molecular complexity index is 795. The lowest BCUT2D eigenvalue weighted by Gasteiger charge is -2.12. The van der Waals surface area contributed by atoms with E-state index in [9.17, 15) is 0 Å². The maximum atomic E-state index is 4.64. The second-order valence-electron chi connectivity index (χ2n) is 5.93. The molecular formula is C18H22N4S. The molecule has 0 unspecified atom stereocenters. The summed E-state index contributed by atoms with van der Waals surface area (Å²) in [6.45, 7) is 7.19. The highest BCUT2D eigenvalue weighted by Crippen LogP contribution is 2.27. The summed E-state index contributed by atoms with van der Waals surface area (Å²) in [7, 11) is 0. The van der Waals surface area contributed by atoms with Crippen molar-refractivity contribution in [3.05, 3.63) is 46.8 Å². The standard InChI is InChI=1S/C18H22N4S/c1-12(2)20-18-21-15-9-11-23-16(15)17(22-18)19-10-8-14-7-5-4-6-13(14)3/h4-7,9,11-12H,8,10H2,1-3H3,(H2,19,20,21,22). The summed E-state index contributed by atoms with van der Waals surface area (Å²) in [6, 6.07) is 10.9. The van der Waals surface area contributed by atoms with Crippen LogP contribution in [0.2, 0.25) is 0 Å². The van der Waals surface area contributed by atoms with E-state index in [0.717, 1.165) is 29.0 Å². The van der Waals surface area contributed by atoms with Gasteiger partial charge in [-0.1, -0.05) is 24.3 Å². The molecule has 23 heavy (non-hydrogen) atoms. The molecule has 0 bridgehead atoms. The zero-order valence-corrected chi connectivity index (χ0v) is 14.6. The molecule has 2 N–H and O–H groups in total. The fourth-order valence-electron chi connectivity index (χ4n) is 2.51. The van der Waals surface area contributed by atoms with E-state index in [4.69, 9.17) is 0 Å². The molecule has 0 fully saturated rings. The van der Waals surface area contributed by atoms with Crippen LogP contribution in [0.5, 0.6) is 0 Å². The largest absolute Gasteiger partial charge is 0.368 e. The van der Waals surface area contributed by atoms with Crippen LogP contribution in [0.25, 0.3) is 10.2 Å². The first-order valence-corrected chi connectivity index (χ1v) is 8.81. The molecular weight excluding hydrogens is 304 g/mol. The van der Waals surface area contributed by atoms with Crippen molar-refractivity contribution in [3.63, 3.8) is 0 Å². The topological polar surface area (TPSA) is 49.8 Å². The predicted molar refractivity (Wildman–Crippen MR) is 99.5 cm³/mol. The van der Waals surface area contributed by atoms with Crippen LogP contribution in [0, 0.1) is 6.92 Å². The molecule has 0 radical (unpaired) electrons. The van der Waals surface area contributed by atoms with Crippen LogP contribution < -0.4 is 10.6 Å². The van der Waals surface area contributed by atoms with E-state index < -0.39 is 0 Å². The van der Waals surface area contributed by atoms with Crippen molar-refractivity contribution in [2.24, 2.45) is 0 Å². The molecule has 4 nitrogen and oxygen atoms in total. The summed E-state index contributed by atoms with van der Waals surface area (Å²) >= 11 is 1.68. The van der Waals surface area contributed by atoms with E-state index in [-0.39, 0.29) is 0 Å². The van der Waals surface area contributed by atoms with Gasteiger partial charge in [0.25, 0.3) is 0 Å². The maximum absolute atomic E-state index is 4.64. The van der Waals surface area contributed by atoms with Gasteiger partial charge in [0.05, 0.1) is 10.2 Å². The molecule has 0 atom stereocenters. The van der Waals surface area contributed by atoms with Crippen LogP contribution in [0.15, 0.2) is 35.7 Å². The number of hydrogen-bond donors (Lipinski definition) is 2. The van der Waals surface area contributed by atoms with Crippen molar-refractivity contribution in [1.82, 2.24) is 9.97 Å². The third-order valence-electron chi connectivity index (χ3n) is 3.67. The van der Waals surface area contributed by atoms with Crippen molar-refractivity contribution in [2.75, 3.05) is 17.2 Å². The van der Waals surface area contributed by atoms with Crippen molar-refractivity contribution < 1.29 is 0 Å². The minimum atomic E-state index is 0.311. The summed E-state index contributed by atoms with van der Waals surface area (Å²) in [6.07, 6.45) is 0.983. The first-order valence-electron chi connectivity index (χ1n) is 7.93. The lowest BCUT2D eigenvalue weighted by Crippen LogP contribution is -2.14. The third-order valence-corrected chi connectivity index (χ3v) is 4.58. The van der Waals surface area contributed by atoms with Crippen LogP contribution in [0.3, 0.4) is 0 Å². The lowest BCUT2D eigenvalue weighted by atomic mass is 10.1. The minimum Gasteiger partial charge on any atom is -0.368 e. The fourth-order valence-corrected chi connectivity index (χ4v) is 3.31. The lowest BCUT2D eigenvalue weighted by molar-refractivity contribution is 0.877. The van der Waals surface area contributed by atoms with Crippen LogP contribution in [0.4, 0.5) is 11.8 Å². The molecule has 0 aliphatic heterocycles. The first kappa shape index (κ1) is 15.7.